The Labute approximate surface area is 166 Å². The maximum atomic E-state index is 12.5. The summed E-state index contributed by atoms with van der Waals surface area (Å²) in [5, 5.41) is 9.68. The molecule has 1 amide bonds. The second kappa shape index (κ2) is 9.35. The van der Waals surface area contributed by atoms with E-state index in [2.05, 4.69) is 31.9 Å². The Kier molecular flexibility index (Phi) is 7.46. The first kappa shape index (κ1) is 19.9. The summed E-state index contributed by atoms with van der Waals surface area (Å²) in [4.78, 5) is 26.2. The van der Waals surface area contributed by atoms with Gasteiger partial charge in [0.1, 0.15) is 6.61 Å². The molecular formula is C17H17Br2NO4S. The van der Waals surface area contributed by atoms with Crippen molar-refractivity contribution in [3.63, 3.8) is 0 Å². The summed E-state index contributed by atoms with van der Waals surface area (Å²) < 4.78 is 6.87. The molecule has 0 spiro atoms. The van der Waals surface area contributed by atoms with Crippen LogP contribution in [-0.4, -0.2) is 28.6 Å². The van der Waals surface area contributed by atoms with Crippen molar-refractivity contribution in [3.05, 3.63) is 55.1 Å². The molecule has 1 unspecified atom stereocenters. The fourth-order valence-corrected chi connectivity index (χ4v) is 4.47. The van der Waals surface area contributed by atoms with E-state index in [0.717, 1.165) is 13.8 Å². The zero-order chi connectivity index (χ0) is 18.4. The van der Waals surface area contributed by atoms with Crippen LogP contribution in [0.2, 0.25) is 0 Å². The van der Waals surface area contributed by atoms with Crippen LogP contribution in [-0.2, 0) is 16.1 Å². The highest BCUT2D eigenvalue weighted by atomic mass is 79.9. The fraction of sp³-hybridized carbons (Fsp3) is 0.294. The topological polar surface area (TPSA) is 66.8 Å². The molecule has 5 nitrogen and oxygen atoms in total. The number of hydrogen-bond donors (Lipinski definition) is 1. The van der Waals surface area contributed by atoms with Crippen LogP contribution >= 0.6 is 43.2 Å². The van der Waals surface area contributed by atoms with Crippen molar-refractivity contribution in [2.45, 2.75) is 26.0 Å². The second-order valence-electron chi connectivity index (χ2n) is 5.24. The Morgan fingerprint density at radius 2 is 1.96 bits per heavy atom. The van der Waals surface area contributed by atoms with Crippen molar-refractivity contribution in [1.82, 2.24) is 4.90 Å². The highest BCUT2D eigenvalue weighted by molar-refractivity contribution is 9.13. The van der Waals surface area contributed by atoms with Gasteiger partial charge in [-0.2, -0.15) is 0 Å². The Morgan fingerprint density at radius 1 is 1.28 bits per heavy atom. The molecule has 2 aromatic rings. The predicted molar refractivity (Wildman–Crippen MR) is 104 cm³/mol. The van der Waals surface area contributed by atoms with E-state index >= 15 is 0 Å². The molecule has 1 N–H and O–H groups in total. The first-order valence-corrected chi connectivity index (χ1v) is 9.99. The minimum Gasteiger partial charge on any atom is -0.479 e. The van der Waals surface area contributed by atoms with Gasteiger partial charge in [0, 0.05) is 15.9 Å². The molecule has 0 saturated carbocycles. The molecule has 1 aromatic heterocycles. The molecule has 0 radical (unpaired) electrons. The highest BCUT2D eigenvalue weighted by Crippen LogP contribution is 2.37. The predicted octanol–water partition coefficient (Wildman–Crippen LogP) is 5.45. The summed E-state index contributed by atoms with van der Waals surface area (Å²) in [7, 11) is 0. The lowest BCUT2D eigenvalue weighted by atomic mass is 10.2. The number of nitrogens with zero attached hydrogens (tertiary/aromatic N) is 1. The average Bonchev–Trinajstić information content (AvgIpc) is 2.91. The summed E-state index contributed by atoms with van der Waals surface area (Å²) in [6.07, 6.45) is -0.0171. The van der Waals surface area contributed by atoms with Crippen molar-refractivity contribution in [3.8, 4) is 0 Å². The van der Waals surface area contributed by atoms with Gasteiger partial charge in [-0.15, -0.1) is 11.3 Å². The van der Waals surface area contributed by atoms with Crippen LogP contribution in [0.5, 0.6) is 0 Å². The van der Waals surface area contributed by atoms with Crippen molar-refractivity contribution >= 4 is 55.3 Å². The number of amides is 1. The number of carbonyl (C=O) groups is 2. The van der Waals surface area contributed by atoms with Crippen LogP contribution in [0.3, 0.4) is 0 Å². The van der Waals surface area contributed by atoms with Gasteiger partial charge in [0.2, 0.25) is 0 Å². The van der Waals surface area contributed by atoms with Gasteiger partial charge in [-0.3, -0.25) is 4.90 Å². The summed E-state index contributed by atoms with van der Waals surface area (Å²) in [6, 6.07) is 9.90. The molecule has 0 fully saturated rings. The smallest absolute Gasteiger partial charge is 0.411 e. The number of aliphatic carboxylic acids is 1. The molecule has 0 saturated heterocycles. The molecule has 1 aromatic carbocycles. The Bertz CT molecular complexity index is 716. The van der Waals surface area contributed by atoms with Crippen LogP contribution in [0.4, 0.5) is 4.79 Å². The third kappa shape index (κ3) is 5.29. The summed E-state index contributed by atoms with van der Waals surface area (Å²) in [6.45, 7) is 2.28. The Morgan fingerprint density at radius 3 is 2.48 bits per heavy atom. The number of carbonyl (C=O) groups excluding carboxylic acids is 1. The largest absolute Gasteiger partial charge is 0.479 e. The molecule has 1 heterocycles. The maximum absolute atomic E-state index is 12.5. The molecule has 0 aliphatic rings. The van der Waals surface area contributed by atoms with Crippen LogP contribution in [0.1, 0.15) is 29.8 Å². The number of benzene rings is 1. The summed E-state index contributed by atoms with van der Waals surface area (Å²) in [5.74, 6) is -1.09. The van der Waals surface area contributed by atoms with E-state index in [1.807, 2.05) is 37.3 Å². The minimum absolute atomic E-state index is 0.101. The Balaban J connectivity index is 2.20. The van der Waals surface area contributed by atoms with Crippen LogP contribution in [0, 0.1) is 0 Å². The summed E-state index contributed by atoms with van der Waals surface area (Å²) in [5.41, 5.74) is 0.848. The lowest BCUT2D eigenvalue weighted by molar-refractivity contribution is -0.143. The lowest BCUT2D eigenvalue weighted by Crippen LogP contribution is -2.39. The number of carboxylic acids is 1. The number of ether oxygens (including phenoxy) is 1. The molecule has 0 aliphatic carbocycles. The van der Waals surface area contributed by atoms with Gasteiger partial charge in [0.15, 0.2) is 6.04 Å². The molecular weight excluding hydrogens is 474 g/mol. The first-order chi connectivity index (χ1) is 11.9. The third-order valence-electron chi connectivity index (χ3n) is 3.38. The van der Waals surface area contributed by atoms with Crippen molar-refractivity contribution in [1.29, 1.82) is 0 Å². The number of halogens is 2. The first-order valence-electron chi connectivity index (χ1n) is 7.58. The maximum Gasteiger partial charge on any atom is 0.411 e. The number of thiophene rings is 1. The van der Waals surface area contributed by atoms with Crippen LogP contribution in [0.25, 0.3) is 0 Å². The molecule has 0 bridgehead atoms. The molecule has 25 heavy (non-hydrogen) atoms. The molecule has 8 heteroatoms. The zero-order valence-corrected chi connectivity index (χ0v) is 17.4. The van der Waals surface area contributed by atoms with E-state index in [4.69, 9.17) is 4.74 Å². The zero-order valence-electron chi connectivity index (χ0n) is 13.4. The normalized spacial score (nSPS) is 11.8. The average molecular weight is 491 g/mol. The van der Waals surface area contributed by atoms with E-state index in [-0.39, 0.29) is 13.2 Å². The Hall–Kier alpha value is -1.38. The van der Waals surface area contributed by atoms with Crippen LogP contribution in [0.15, 0.2) is 44.7 Å². The van der Waals surface area contributed by atoms with Gasteiger partial charge >= 0.3 is 12.1 Å². The van der Waals surface area contributed by atoms with Gasteiger partial charge in [-0.1, -0.05) is 37.3 Å². The summed E-state index contributed by atoms with van der Waals surface area (Å²) >= 11 is 8.00. The SMILES string of the molecule is CCCN(C(=O)OCc1ccccc1)C(C(=O)O)c1cc(Br)c(Br)s1. The standard InChI is InChI=1S/C17H17Br2NO4S/c1-2-8-20(17(23)24-10-11-6-4-3-5-7-11)14(16(21)22)13-9-12(18)15(19)25-13/h3-7,9,14H,2,8,10H2,1H3,(H,21,22). The van der Waals surface area contributed by atoms with E-state index in [1.54, 1.807) is 6.07 Å². The minimum atomic E-state index is -1.09. The lowest BCUT2D eigenvalue weighted by Gasteiger charge is -2.27. The van der Waals surface area contributed by atoms with Crippen LogP contribution < -0.4 is 0 Å². The van der Waals surface area contributed by atoms with Crippen molar-refractivity contribution in [2.75, 3.05) is 6.54 Å². The van der Waals surface area contributed by atoms with E-state index in [0.29, 0.717) is 11.3 Å². The van der Waals surface area contributed by atoms with Crippen molar-refractivity contribution in [2.24, 2.45) is 0 Å². The van der Waals surface area contributed by atoms with Gasteiger partial charge in [0.05, 0.1) is 3.79 Å². The van der Waals surface area contributed by atoms with Gasteiger partial charge < -0.3 is 9.84 Å². The monoisotopic (exact) mass is 489 g/mol. The number of rotatable bonds is 7. The molecule has 1 atom stereocenters. The van der Waals surface area contributed by atoms with Crippen molar-refractivity contribution < 1.29 is 19.4 Å². The fourth-order valence-electron chi connectivity index (χ4n) is 2.28. The van der Waals surface area contributed by atoms with Gasteiger partial charge in [0.25, 0.3) is 0 Å². The van der Waals surface area contributed by atoms with E-state index < -0.39 is 18.1 Å². The third-order valence-corrected chi connectivity index (χ3v) is 6.69. The molecule has 134 valence electrons. The molecule has 2 rings (SSSR count). The quantitative estimate of drug-likeness (QED) is 0.560. The number of carboxylic acid groups (broad SMARTS) is 1. The van der Waals surface area contributed by atoms with Gasteiger partial charge in [-0.05, 0) is 49.9 Å². The number of hydrogen-bond acceptors (Lipinski definition) is 4. The molecule has 0 aliphatic heterocycles. The highest BCUT2D eigenvalue weighted by Gasteiger charge is 2.33. The van der Waals surface area contributed by atoms with Gasteiger partial charge in [-0.25, -0.2) is 9.59 Å². The van der Waals surface area contributed by atoms with E-state index in [1.165, 1.54) is 16.2 Å². The second-order valence-corrected chi connectivity index (χ2v) is 8.50. The van der Waals surface area contributed by atoms with E-state index in [9.17, 15) is 14.7 Å².